The van der Waals surface area contributed by atoms with Gasteiger partial charge in [-0.3, -0.25) is 4.90 Å². The van der Waals surface area contributed by atoms with Gasteiger partial charge in [-0.05, 0) is 29.3 Å². The fraction of sp³-hybridized carbons (Fsp3) is 0.571. The number of nitrogens with zero attached hydrogens (tertiary/aromatic N) is 1. The third-order valence-electron chi connectivity index (χ3n) is 8.06. The molecule has 3 heterocycles. The second-order valence-electron chi connectivity index (χ2n) is 11.5. The number of ether oxygens (including phenoxy) is 3. The largest absolute Gasteiger partial charge is 0.410 e. The highest BCUT2D eigenvalue weighted by Gasteiger charge is 2.62. The molecule has 34 heavy (non-hydrogen) atoms. The van der Waals surface area contributed by atoms with E-state index in [4.69, 9.17) is 18.6 Å². The SMILES string of the molecule is CC(C)(C)[Si](C)(C)O[C@@H]1CN2C[C@H]3O[C@H]3[C@@H]2[C@@H](OCc2ccccc2)[C@@H]1OCc1ccccc1. The van der Waals surface area contributed by atoms with Gasteiger partial charge in [0.2, 0.25) is 0 Å². The predicted octanol–water partition coefficient (Wildman–Crippen LogP) is 5.01. The van der Waals surface area contributed by atoms with Crippen LogP contribution in [0.4, 0.5) is 0 Å². The average Bonchev–Trinajstić information content (AvgIpc) is 3.47. The lowest BCUT2D eigenvalue weighted by molar-refractivity contribution is -0.185. The molecule has 3 saturated heterocycles. The van der Waals surface area contributed by atoms with Gasteiger partial charge in [0, 0.05) is 13.1 Å². The molecule has 3 fully saturated rings. The molecule has 5 nitrogen and oxygen atoms in total. The Labute approximate surface area is 205 Å². The molecule has 6 atom stereocenters. The third-order valence-corrected chi connectivity index (χ3v) is 12.6. The summed E-state index contributed by atoms with van der Waals surface area (Å²) >= 11 is 0. The van der Waals surface area contributed by atoms with Crippen LogP contribution in [0, 0.1) is 0 Å². The molecule has 6 heteroatoms. The van der Waals surface area contributed by atoms with Gasteiger partial charge in [-0.1, -0.05) is 81.4 Å². The van der Waals surface area contributed by atoms with Crippen molar-refractivity contribution in [3.63, 3.8) is 0 Å². The number of rotatable bonds is 8. The fourth-order valence-corrected chi connectivity index (χ4v) is 6.40. The van der Waals surface area contributed by atoms with Gasteiger partial charge in [-0.15, -0.1) is 0 Å². The van der Waals surface area contributed by atoms with Gasteiger partial charge >= 0.3 is 0 Å². The molecule has 2 aromatic carbocycles. The summed E-state index contributed by atoms with van der Waals surface area (Å²) in [4.78, 5) is 2.54. The molecule has 0 N–H and O–H groups in total. The normalized spacial score (nSPS) is 31.2. The van der Waals surface area contributed by atoms with Crippen LogP contribution >= 0.6 is 0 Å². The van der Waals surface area contributed by atoms with Crippen molar-refractivity contribution in [2.24, 2.45) is 0 Å². The number of morpholine rings is 1. The van der Waals surface area contributed by atoms with Crippen molar-refractivity contribution < 1.29 is 18.6 Å². The van der Waals surface area contributed by atoms with E-state index < -0.39 is 8.32 Å². The fourth-order valence-electron chi connectivity index (χ4n) is 5.08. The van der Waals surface area contributed by atoms with E-state index in [0.717, 1.165) is 13.1 Å². The Bertz CT molecular complexity index is 948. The minimum Gasteiger partial charge on any atom is -0.410 e. The van der Waals surface area contributed by atoms with Crippen LogP contribution in [0.2, 0.25) is 18.1 Å². The zero-order valence-corrected chi connectivity index (χ0v) is 22.1. The number of fused-ring (bicyclic) bond motifs is 3. The van der Waals surface area contributed by atoms with Crippen LogP contribution < -0.4 is 0 Å². The van der Waals surface area contributed by atoms with Gasteiger partial charge in [-0.2, -0.15) is 0 Å². The molecule has 0 aliphatic carbocycles. The Hall–Kier alpha value is -1.54. The van der Waals surface area contributed by atoms with Gasteiger partial charge < -0.3 is 18.6 Å². The van der Waals surface area contributed by atoms with Crippen molar-refractivity contribution in [1.29, 1.82) is 0 Å². The molecule has 5 rings (SSSR count). The molecule has 0 amide bonds. The molecule has 0 bridgehead atoms. The smallest absolute Gasteiger partial charge is 0.192 e. The Morgan fingerprint density at radius 3 is 1.97 bits per heavy atom. The summed E-state index contributed by atoms with van der Waals surface area (Å²) < 4.78 is 26.4. The molecule has 2 aromatic rings. The quantitative estimate of drug-likeness (QED) is 0.392. The maximum absolute atomic E-state index is 7.04. The summed E-state index contributed by atoms with van der Waals surface area (Å²) in [7, 11) is -2.00. The van der Waals surface area contributed by atoms with Crippen LogP contribution in [0.3, 0.4) is 0 Å². The Morgan fingerprint density at radius 2 is 1.41 bits per heavy atom. The van der Waals surface area contributed by atoms with Crippen molar-refractivity contribution in [1.82, 2.24) is 4.90 Å². The number of piperidine rings is 1. The maximum atomic E-state index is 7.04. The minimum atomic E-state index is -2.00. The van der Waals surface area contributed by atoms with Gasteiger partial charge in [0.15, 0.2) is 8.32 Å². The van der Waals surface area contributed by atoms with Crippen molar-refractivity contribution in [3.8, 4) is 0 Å². The lowest BCUT2D eigenvalue weighted by atomic mass is 9.93. The number of benzene rings is 2. The first kappa shape index (κ1) is 24.2. The van der Waals surface area contributed by atoms with E-state index in [2.05, 4.69) is 87.3 Å². The van der Waals surface area contributed by atoms with E-state index in [1.165, 1.54) is 11.1 Å². The van der Waals surface area contributed by atoms with Crippen molar-refractivity contribution >= 4 is 8.32 Å². The Balaban J connectivity index is 1.41. The lowest BCUT2D eigenvalue weighted by Crippen LogP contribution is -2.65. The lowest BCUT2D eigenvalue weighted by Gasteiger charge is -2.50. The number of hydrogen-bond acceptors (Lipinski definition) is 5. The molecular formula is C28H39NO4Si. The highest BCUT2D eigenvalue weighted by atomic mass is 28.4. The molecular weight excluding hydrogens is 442 g/mol. The van der Waals surface area contributed by atoms with Crippen LogP contribution in [-0.4, -0.2) is 62.9 Å². The van der Waals surface area contributed by atoms with Crippen molar-refractivity contribution in [2.75, 3.05) is 13.1 Å². The van der Waals surface area contributed by atoms with Gasteiger partial charge in [0.1, 0.15) is 18.3 Å². The summed E-state index contributed by atoms with van der Waals surface area (Å²) in [5, 5.41) is 0.129. The zero-order valence-electron chi connectivity index (χ0n) is 21.1. The van der Waals surface area contributed by atoms with Crippen LogP contribution in [0.5, 0.6) is 0 Å². The topological polar surface area (TPSA) is 43.5 Å². The summed E-state index contributed by atoms with van der Waals surface area (Å²) in [5.74, 6) is 0. The minimum absolute atomic E-state index is 0.0286. The van der Waals surface area contributed by atoms with Crippen molar-refractivity contribution in [3.05, 3.63) is 71.8 Å². The maximum Gasteiger partial charge on any atom is 0.192 e. The molecule has 0 unspecified atom stereocenters. The summed E-state index contributed by atoms with van der Waals surface area (Å²) in [6, 6.07) is 21.0. The highest BCUT2D eigenvalue weighted by Crippen LogP contribution is 2.45. The van der Waals surface area contributed by atoms with Crippen LogP contribution in [0.15, 0.2) is 60.7 Å². The monoisotopic (exact) mass is 481 g/mol. The molecule has 0 saturated carbocycles. The van der Waals surface area contributed by atoms with E-state index in [1.807, 2.05) is 12.1 Å². The highest BCUT2D eigenvalue weighted by molar-refractivity contribution is 6.74. The predicted molar refractivity (Wildman–Crippen MR) is 136 cm³/mol. The van der Waals surface area contributed by atoms with E-state index in [1.54, 1.807) is 0 Å². The first-order chi connectivity index (χ1) is 16.2. The van der Waals surface area contributed by atoms with E-state index >= 15 is 0 Å². The van der Waals surface area contributed by atoms with Gasteiger partial charge in [0.05, 0.1) is 31.5 Å². The summed E-state index contributed by atoms with van der Waals surface area (Å²) in [6.07, 6.45) is 0.290. The average molecular weight is 482 g/mol. The molecule has 0 radical (unpaired) electrons. The van der Waals surface area contributed by atoms with Crippen molar-refractivity contribution in [2.45, 2.75) is 88.7 Å². The molecule has 184 valence electrons. The van der Waals surface area contributed by atoms with E-state index in [0.29, 0.717) is 19.3 Å². The van der Waals surface area contributed by atoms with Gasteiger partial charge in [0.25, 0.3) is 0 Å². The molecule has 3 aliphatic heterocycles. The number of epoxide rings is 1. The third kappa shape index (κ3) is 5.03. The van der Waals surface area contributed by atoms with E-state index in [-0.39, 0.29) is 35.5 Å². The van der Waals surface area contributed by atoms with Gasteiger partial charge in [-0.25, -0.2) is 0 Å². The molecule has 0 spiro atoms. The van der Waals surface area contributed by atoms with Crippen LogP contribution in [0.25, 0.3) is 0 Å². The second-order valence-corrected chi connectivity index (χ2v) is 16.3. The Morgan fingerprint density at radius 1 is 0.853 bits per heavy atom. The second kappa shape index (κ2) is 9.49. The van der Waals surface area contributed by atoms with Crippen LogP contribution in [-0.2, 0) is 31.9 Å². The number of hydrogen-bond donors (Lipinski definition) is 0. The first-order valence-corrected chi connectivity index (χ1v) is 15.5. The summed E-state index contributed by atoms with van der Waals surface area (Å²) in [5.41, 5.74) is 2.35. The first-order valence-electron chi connectivity index (χ1n) is 12.6. The van der Waals surface area contributed by atoms with Crippen LogP contribution in [0.1, 0.15) is 31.9 Å². The zero-order chi connectivity index (χ0) is 23.9. The van der Waals surface area contributed by atoms with E-state index in [9.17, 15) is 0 Å². The summed E-state index contributed by atoms with van der Waals surface area (Å²) in [6.45, 7) is 14.5. The molecule has 0 aromatic heterocycles. The molecule has 3 aliphatic rings. The standard InChI is InChI=1S/C28H39NO4Si/c1-28(2,3)34(4,5)33-23-17-29-16-22-25(32-22)24(29)27(31-19-21-14-10-7-11-15-21)26(23)30-18-20-12-8-6-9-13-20/h6-15,22-27H,16-19H2,1-5H3/t22-,23-,24-,25-,26-,27-/m1/s1. The Kier molecular flexibility index (Phi) is 6.74.